The lowest BCUT2D eigenvalue weighted by atomic mass is 10.1. The van der Waals surface area contributed by atoms with Crippen LogP contribution in [-0.4, -0.2) is 48.4 Å². The first-order valence-corrected chi connectivity index (χ1v) is 7.21. The molecule has 1 aromatic heterocycles. The third-order valence-electron chi connectivity index (χ3n) is 3.13. The van der Waals surface area contributed by atoms with E-state index in [1.54, 1.807) is 24.7 Å². The normalized spacial score (nSPS) is 11.8. The Morgan fingerprint density at radius 1 is 1.09 bits per heavy atom. The van der Waals surface area contributed by atoms with Crippen molar-refractivity contribution in [1.82, 2.24) is 9.88 Å². The quantitative estimate of drug-likeness (QED) is 0.834. The van der Waals surface area contributed by atoms with Crippen LogP contribution in [0.15, 0.2) is 47.7 Å². The molecular formula is C18H21N3O. The molecule has 1 heterocycles. The van der Waals surface area contributed by atoms with E-state index in [2.05, 4.69) is 14.9 Å². The molecule has 0 saturated carbocycles. The fraction of sp³-hybridized carbons (Fsp3) is 0.222. The molecular weight excluding hydrogens is 274 g/mol. The second kappa shape index (κ2) is 8.10. The van der Waals surface area contributed by atoms with Gasteiger partial charge in [0.25, 0.3) is 0 Å². The molecule has 0 unspecified atom stereocenters. The van der Waals surface area contributed by atoms with Gasteiger partial charge in [-0.25, -0.2) is 0 Å². The van der Waals surface area contributed by atoms with E-state index in [-0.39, 0.29) is 5.75 Å². The maximum Gasteiger partial charge on any atom is 0.124 e. The van der Waals surface area contributed by atoms with E-state index in [1.807, 2.05) is 50.5 Å². The summed E-state index contributed by atoms with van der Waals surface area (Å²) in [6.07, 6.45) is 9.27. The van der Waals surface area contributed by atoms with Gasteiger partial charge in [-0.1, -0.05) is 18.2 Å². The summed E-state index contributed by atoms with van der Waals surface area (Å²) in [6.45, 7) is 1.60. The summed E-state index contributed by atoms with van der Waals surface area (Å²) < 4.78 is 0. The summed E-state index contributed by atoms with van der Waals surface area (Å²) in [5.74, 6) is 0.245. The van der Waals surface area contributed by atoms with Crippen LogP contribution in [0.3, 0.4) is 0 Å². The number of phenolic OH excluding ortho intramolecular Hbond substituents is 1. The molecule has 0 aliphatic rings. The third-order valence-corrected chi connectivity index (χ3v) is 3.13. The van der Waals surface area contributed by atoms with Crippen LogP contribution in [0.1, 0.15) is 16.7 Å². The second-order valence-electron chi connectivity index (χ2n) is 5.27. The average Bonchev–Trinajstić information content (AvgIpc) is 2.52. The molecule has 2 rings (SSSR count). The number of aliphatic imine (C=N–C) groups is 1. The molecule has 0 aliphatic carbocycles. The fourth-order valence-corrected chi connectivity index (χ4v) is 1.87. The first kappa shape index (κ1) is 15.9. The highest BCUT2D eigenvalue weighted by Crippen LogP contribution is 2.18. The monoisotopic (exact) mass is 295 g/mol. The summed E-state index contributed by atoms with van der Waals surface area (Å²) in [6, 6.07) is 9.39. The van der Waals surface area contributed by atoms with E-state index in [1.165, 1.54) is 0 Å². The summed E-state index contributed by atoms with van der Waals surface area (Å²) >= 11 is 0. The van der Waals surface area contributed by atoms with E-state index in [0.29, 0.717) is 6.54 Å². The molecule has 0 atom stereocenters. The minimum Gasteiger partial charge on any atom is -0.507 e. The number of rotatable bonds is 6. The van der Waals surface area contributed by atoms with Crippen molar-refractivity contribution in [3.63, 3.8) is 0 Å². The highest BCUT2D eigenvalue weighted by Gasteiger charge is 1.99. The van der Waals surface area contributed by atoms with Crippen molar-refractivity contribution in [1.29, 1.82) is 0 Å². The van der Waals surface area contributed by atoms with Crippen molar-refractivity contribution < 1.29 is 5.11 Å². The van der Waals surface area contributed by atoms with Crippen LogP contribution in [0.4, 0.5) is 0 Å². The first-order chi connectivity index (χ1) is 10.6. The van der Waals surface area contributed by atoms with Crippen molar-refractivity contribution in [2.45, 2.75) is 0 Å². The number of benzene rings is 1. The van der Waals surface area contributed by atoms with Gasteiger partial charge >= 0.3 is 0 Å². The first-order valence-electron chi connectivity index (χ1n) is 7.21. The Bertz CT molecular complexity index is 649. The summed E-state index contributed by atoms with van der Waals surface area (Å²) in [5, 5.41) is 9.89. The maximum atomic E-state index is 9.89. The van der Waals surface area contributed by atoms with Crippen molar-refractivity contribution in [2.24, 2.45) is 4.99 Å². The van der Waals surface area contributed by atoms with Crippen molar-refractivity contribution in [3.05, 3.63) is 59.4 Å². The van der Waals surface area contributed by atoms with Crippen LogP contribution in [0.25, 0.3) is 12.2 Å². The molecule has 0 aliphatic heterocycles. The molecule has 0 radical (unpaired) electrons. The standard InChI is InChI=1S/C18H21N3O/c1-21(2)12-11-20-14-17-13-16(5-6-18(17)22)4-3-15-7-9-19-10-8-15/h3-10,13-14,22H,11-12H2,1-2H3/b4-3+,20-14?. The van der Waals surface area contributed by atoms with Crippen LogP contribution >= 0.6 is 0 Å². The zero-order valence-electron chi connectivity index (χ0n) is 13.0. The van der Waals surface area contributed by atoms with Crippen LogP contribution < -0.4 is 0 Å². The lowest BCUT2D eigenvalue weighted by Gasteiger charge is -2.05. The molecule has 1 aromatic carbocycles. The number of hydrogen-bond acceptors (Lipinski definition) is 4. The minimum atomic E-state index is 0.245. The lowest BCUT2D eigenvalue weighted by molar-refractivity contribution is 0.421. The molecule has 4 nitrogen and oxygen atoms in total. The van der Waals surface area contributed by atoms with Gasteiger partial charge in [0.1, 0.15) is 5.75 Å². The topological polar surface area (TPSA) is 48.7 Å². The van der Waals surface area contributed by atoms with E-state index in [4.69, 9.17) is 0 Å². The Kier molecular flexibility index (Phi) is 5.86. The number of aromatic nitrogens is 1. The Labute approximate surface area is 131 Å². The zero-order valence-corrected chi connectivity index (χ0v) is 13.0. The van der Waals surface area contributed by atoms with Crippen molar-refractivity contribution in [2.75, 3.05) is 27.2 Å². The molecule has 114 valence electrons. The predicted octanol–water partition coefficient (Wildman–Crippen LogP) is 2.94. The highest BCUT2D eigenvalue weighted by molar-refractivity contribution is 5.85. The molecule has 22 heavy (non-hydrogen) atoms. The molecule has 2 aromatic rings. The number of nitrogens with zero attached hydrogens (tertiary/aromatic N) is 3. The Morgan fingerprint density at radius 2 is 1.82 bits per heavy atom. The van der Waals surface area contributed by atoms with Gasteiger partial charge in [0, 0.05) is 30.7 Å². The Balaban J connectivity index is 2.08. The van der Waals surface area contributed by atoms with E-state index in [0.717, 1.165) is 23.2 Å². The van der Waals surface area contributed by atoms with E-state index in [9.17, 15) is 5.11 Å². The number of pyridine rings is 1. The van der Waals surface area contributed by atoms with Gasteiger partial charge in [0.15, 0.2) is 0 Å². The van der Waals surface area contributed by atoms with Crippen molar-refractivity contribution in [3.8, 4) is 5.75 Å². The van der Waals surface area contributed by atoms with Gasteiger partial charge in [-0.05, 0) is 49.5 Å². The highest BCUT2D eigenvalue weighted by atomic mass is 16.3. The van der Waals surface area contributed by atoms with Gasteiger partial charge in [-0.15, -0.1) is 0 Å². The number of aromatic hydroxyl groups is 1. The SMILES string of the molecule is CN(C)CCN=Cc1cc(/C=C/c2ccncc2)ccc1O. The minimum absolute atomic E-state index is 0.245. The molecule has 0 fully saturated rings. The van der Waals surface area contributed by atoms with Gasteiger partial charge in [0.2, 0.25) is 0 Å². The predicted molar refractivity (Wildman–Crippen MR) is 92.3 cm³/mol. The van der Waals surface area contributed by atoms with Crippen LogP contribution in [0.2, 0.25) is 0 Å². The summed E-state index contributed by atoms with van der Waals surface area (Å²) in [4.78, 5) is 10.4. The van der Waals surface area contributed by atoms with Crippen LogP contribution in [0, 0.1) is 0 Å². The molecule has 0 spiro atoms. The number of likely N-dealkylation sites (N-methyl/N-ethyl adjacent to an activating group) is 1. The number of hydrogen-bond donors (Lipinski definition) is 1. The fourth-order valence-electron chi connectivity index (χ4n) is 1.87. The Morgan fingerprint density at radius 3 is 2.55 bits per heavy atom. The van der Waals surface area contributed by atoms with E-state index < -0.39 is 0 Å². The molecule has 0 amide bonds. The van der Waals surface area contributed by atoms with Crippen LogP contribution in [-0.2, 0) is 0 Å². The van der Waals surface area contributed by atoms with Gasteiger partial charge < -0.3 is 10.0 Å². The van der Waals surface area contributed by atoms with Gasteiger partial charge in [-0.2, -0.15) is 0 Å². The van der Waals surface area contributed by atoms with E-state index >= 15 is 0 Å². The molecule has 0 saturated heterocycles. The van der Waals surface area contributed by atoms with Crippen LogP contribution in [0.5, 0.6) is 5.75 Å². The molecule has 1 N–H and O–H groups in total. The smallest absolute Gasteiger partial charge is 0.124 e. The average molecular weight is 295 g/mol. The zero-order chi connectivity index (χ0) is 15.8. The van der Waals surface area contributed by atoms with Gasteiger partial charge in [0.05, 0.1) is 6.54 Å². The summed E-state index contributed by atoms with van der Waals surface area (Å²) in [5.41, 5.74) is 2.84. The number of phenols is 1. The van der Waals surface area contributed by atoms with Gasteiger partial charge in [-0.3, -0.25) is 9.98 Å². The Hall–Kier alpha value is -2.46. The van der Waals surface area contributed by atoms with Crippen molar-refractivity contribution >= 4 is 18.4 Å². The lowest BCUT2D eigenvalue weighted by Crippen LogP contribution is -2.15. The maximum absolute atomic E-state index is 9.89. The molecule has 0 bridgehead atoms. The third kappa shape index (κ3) is 5.14. The molecule has 4 heteroatoms. The summed E-state index contributed by atoms with van der Waals surface area (Å²) in [7, 11) is 4.02. The second-order valence-corrected chi connectivity index (χ2v) is 5.27. The largest absolute Gasteiger partial charge is 0.507 e.